The molecular formula is C12H27NO. The van der Waals surface area contributed by atoms with Gasteiger partial charge in [0.25, 0.3) is 0 Å². The van der Waals surface area contributed by atoms with Gasteiger partial charge in [-0.2, -0.15) is 0 Å². The van der Waals surface area contributed by atoms with Gasteiger partial charge >= 0.3 is 0 Å². The van der Waals surface area contributed by atoms with E-state index in [-0.39, 0.29) is 0 Å². The minimum absolute atomic E-state index is 0.633. The van der Waals surface area contributed by atoms with Crippen LogP contribution in [0.1, 0.15) is 47.0 Å². The molecule has 0 aromatic carbocycles. The van der Waals surface area contributed by atoms with Gasteiger partial charge < -0.3 is 10.1 Å². The van der Waals surface area contributed by atoms with Crippen LogP contribution in [0.25, 0.3) is 0 Å². The Morgan fingerprint density at radius 1 is 1.07 bits per heavy atom. The van der Waals surface area contributed by atoms with E-state index >= 15 is 0 Å². The van der Waals surface area contributed by atoms with Crippen molar-refractivity contribution in [3.05, 3.63) is 0 Å². The molecule has 0 aromatic heterocycles. The fraction of sp³-hybridized carbons (Fsp3) is 1.00. The van der Waals surface area contributed by atoms with Gasteiger partial charge in [-0.15, -0.1) is 0 Å². The first-order valence-corrected chi connectivity index (χ1v) is 5.98. The summed E-state index contributed by atoms with van der Waals surface area (Å²) in [5.74, 6) is 0.752. The van der Waals surface area contributed by atoms with Crippen LogP contribution in [-0.4, -0.2) is 25.8 Å². The second-order valence-corrected chi connectivity index (χ2v) is 4.44. The smallest absolute Gasteiger partial charge is 0.0591 e. The fourth-order valence-corrected chi connectivity index (χ4v) is 1.33. The fourth-order valence-electron chi connectivity index (χ4n) is 1.33. The Morgan fingerprint density at radius 3 is 2.36 bits per heavy atom. The minimum atomic E-state index is 0.633. The monoisotopic (exact) mass is 201 g/mol. The summed E-state index contributed by atoms with van der Waals surface area (Å²) >= 11 is 0. The van der Waals surface area contributed by atoms with Crippen LogP contribution in [0, 0.1) is 5.92 Å². The van der Waals surface area contributed by atoms with Crippen LogP contribution >= 0.6 is 0 Å². The van der Waals surface area contributed by atoms with Gasteiger partial charge in [-0.1, -0.05) is 27.2 Å². The van der Waals surface area contributed by atoms with Crippen molar-refractivity contribution in [2.24, 2.45) is 5.92 Å². The Kier molecular flexibility index (Phi) is 9.42. The number of ether oxygens (including phenoxy) is 1. The maximum atomic E-state index is 5.51. The van der Waals surface area contributed by atoms with E-state index in [4.69, 9.17) is 4.74 Å². The van der Waals surface area contributed by atoms with Crippen LogP contribution in [-0.2, 0) is 4.74 Å². The molecule has 2 heteroatoms. The van der Waals surface area contributed by atoms with Crippen LogP contribution < -0.4 is 5.32 Å². The minimum Gasteiger partial charge on any atom is -0.380 e. The second-order valence-electron chi connectivity index (χ2n) is 4.44. The highest BCUT2D eigenvalue weighted by molar-refractivity contribution is 4.58. The molecule has 0 bridgehead atoms. The topological polar surface area (TPSA) is 21.3 Å². The lowest BCUT2D eigenvalue weighted by molar-refractivity contribution is 0.123. The average Bonchev–Trinajstić information content (AvgIpc) is 2.11. The molecule has 86 valence electrons. The van der Waals surface area contributed by atoms with E-state index in [1.54, 1.807) is 0 Å². The van der Waals surface area contributed by atoms with Gasteiger partial charge in [-0.05, 0) is 25.7 Å². The molecule has 0 rings (SSSR count). The maximum absolute atomic E-state index is 5.51. The highest BCUT2D eigenvalue weighted by Crippen LogP contribution is 1.98. The molecule has 0 aliphatic rings. The van der Waals surface area contributed by atoms with Crippen molar-refractivity contribution in [3.8, 4) is 0 Å². The molecule has 0 spiro atoms. The molecule has 0 saturated carbocycles. The highest BCUT2D eigenvalue weighted by Gasteiger charge is 1.98. The number of hydrogen-bond acceptors (Lipinski definition) is 2. The number of hydrogen-bond donors (Lipinski definition) is 1. The SMILES string of the molecule is CCCC(C)NCCOCCC(C)C. The second kappa shape index (κ2) is 9.47. The first-order chi connectivity index (χ1) is 6.66. The van der Waals surface area contributed by atoms with Crippen LogP contribution in [0.4, 0.5) is 0 Å². The molecule has 14 heavy (non-hydrogen) atoms. The van der Waals surface area contributed by atoms with Crippen molar-refractivity contribution in [2.75, 3.05) is 19.8 Å². The highest BCUT2D eigenvalue weighted by atomic mass is 16.5. The summed E-state index contributed by atoms with van der Waals surface area (Å²) in [5, 5.41) is 3.45. The summed E-state index contributed by atoms with van der Waals surface area (Å²) in [6.07, 6.45) is 3.68. The Morgan fingerprint density at radius 2 is 1.79 bits per heavy atom. The largest absolute Gasteiger partial charge is 0.380 e. The lowest BCUT2D eigenvalue weighted by Gasteiger charge is -2.12. The predicted molar refractivity (Wildman–Crippen MR) is 62.6 cm³/mol. The number of rotatable bonds is 9. The van der Waals surface area contributed by atoms with Gasteiger partial charge in [-0.25, -0.2) is 0 Å². The Hall–Kier alpha value is -0.0800. The molecule has 0 saturated heterocycles. The van der Waals surface area contributed by atoms with Crippen molar-refractivity contribution in [2.45, 2.75) is 53.0 Å². The van der Waals surface area contributed by atoms with E-state index in [9.17, 15) is 0 Å². The molecular weight excluding hydrogens is 174 g/mol. The summed E-state index contributed by atoms with van der Waals surface area (Å²) in [6.45, 7) is 11.6. The summed E-state index contributed by atoms with van der Waals surface area (Å²) < 4.78 is 5.51. The van der Waals surface area contributed by atoms with Gasteiger partial charge in [0.15, 0.2) is 0 Å². The van der Waals surface area contributed by atoms with Crippen molar-refractivity contribution in [1.29, 1.82) is 0 Å². The van der Waals surface area contributed by atoms with Crippen molar-refractivity contribution >= 4 is 0 Å². The molecule has 2 nitrogen and oxygen atoms in total. The lowest BCUT2D eigenvalue weighted by atomic mass is 10.1. The summed E-state index contributed by atoms with van der Waals surface area (Å²) in [7, 11) is 0. The Bertz CT molecular complexity index is 115. The lowest BCUT2D eigenvalue weighted by Crippen LogP contribution is -2.29. The zero-order chi connectivity index (χ0) is 10.8. The Labute approximate surface area is 89.4 Å². The van der Waals surface area contributed by atoms with Gasteiger partial charge in [-0.3, -0.25) is 0 Å². The molecule has 0 aromatic rings. The van der Waals surface area contributed by atoms with Gasteiger partial charge in [0, 0.05) is 19.2 Å². The van der Waals surface area contributed by atoms with Crippen LogP contribution in [0.3, 0.4) is 0 Å². The molecule has 0 aliphatic carbocycles. The third kappa shape index (κ3) is 10.0. The summed E-state index contributed by atoms with van der Waals surface area (Å²) in [6, 6.07) is 0.633. The van der Waals surface area contributed by atoms with Gasteiger partial charge in [0.1, 0.15) is 0 Å². The van der Waals surface area contributed by atoms with Crippen LogP contribution in [0.2, 0.25) is 0 Å². The number of nitrogens with one attached hydrogen (secondary N) is 1. The van der Waals surface area contributed by atoms with E-state index < -0.39 is 0 Å². The maximum Gasteiger partial charge on any atom is 0.0591 e. The van der Waals surface area contributed by atoms with E-state index in [1.807, 2.05) is 0 Å². The Balaban J connectivity index is 3.05. The van der Waals surface area contributed by atoms with E-state index in [0.29, 0.717) is 6.04 Å². The molecule has 0 radical (unpaired) electrons. The molecule has 0 amide bonds. The van der Waals surface area contributed by atoms with Crippen LogP contribution in [0.5, 0.6) is 0 Å². The average molecular weight is 201 g/mol. The first-order valence-electron chi connectivity index (χ1n) is 5.98. The third-order valence-corrected chi connectivity index (χ3v) is 2.30. The molecule has 1 atom stereocenters. The van der Waals surface area contributed by atoms with Crippen molar-refractivity contribution in [1.82, 2.24) is 5.32 Å². The first kappa shape index (κ1) is 13.9. The van der Waals surface area contributed by atoms with Crippen molar-refractivity contribution in [3.63, 3.8) is 0 Å². The van der Waals surface area contributed by atoms with Gasteiger partial charge in [0.2, 0.25) is 0 Å². The molecule has 0 heterocycles. The summed E-state index contributed by atoms with van der Waals surface area (Å²) in [5.41, 5.74) is 0. The predicted octanol–water partition coefficient (Wildman–Crippen LogP) is 2.83. The van der Waals surface area contributed by atoms with E-state index in [2.05, 4.69) is 33.0 Å². The van der Waals surface area contributed by atoms with E-state index in [0.717, 1.165) is 25.7 Å². The molecule has 1 N–H and O–H groups in total. The standard InChI is InChI=1S/C12H27NO/c1-5-6-12(4)13-8-10-14-9-7-11(2)3/h11-13H,5-10H2,1-4H3. The van der Waals surface area contributed by atoms with E-state index in [1.165, 1.54) is 19.3 Å². The normalized spacial score (nSPS) is 13.5. The quantitative estimate of drug-likeness (QED) is 0.579. The molecule has 1 unspecified atom stereocenters. The van der Waals surface area contributed by atoms with Crippen LogP contribution in [0.15, 0.2) is 0 Å². The van der Waals surface area contributed by atoms with Crippen molar-refractivity contribution < 1.29 is 4.74 Å². The molecule has 0 fully saturated rings. The zero-order valence-electron chi connectivity index (χ0n) is 10.3. The third-order valence-electron chi connectivity index (χ3n) is 2.30. The molecule has 0 aliphatic heterocycles. The zero-order valence-corrected chi connectivity index (χ0v) is 10.3. The van der Waals surface area contributed by atoms with Gasteiger partial charge in [0.05, 0.1) is 6.61 Å². The summed E-state index contributed by atoms with van der Waals surface area (Å²) in [4.78, 5) is 0.